The standard InChI is InChI=1S/C24H25FN4O4/c1-15-5-3-6-17(11-15)14-28-23(31)21(22(30)26-13-19-7-4-10-33-19)27-29(24(28)32)18-9-8-16(2)20(25)12-18/h3,5-6,8-9,11-12,19H,4,7,10,13-14H2,1-2H3,(H,26,30)/t19-/m1/s1. The molecule has 2 heterocycles. The van der Waals surface area contributed by atoms with Crippen molar-refractivity contribution >= 4 is 5.91 Å². The Labute approximate surface area is 189 Å². The lowest BCUT2D eigenvalue weighted by atomic mass is 10.1. The zero-order valence-corrected chi connectivity index (χ0v) is 18.5. The number of rotatable bonds is 6. The molecule has 1 aliphatic rings. The zero-order valence-electron chi connectivity index (χ0n) is 18.5. The summed E-state index contributed by atoms with van der Waals surface area (Å²) in [6.07, 6.45) is 1.60. The summed E-state index contributed by atoms with van der Waals surface area (Å²) in [4.78, 5) is 39.2. The van der Waals surface area contributed by atoms with Crippen LogP contribution < -0.4 is 16.6 Å². The van der Waals surface area contributed by atoms with Crippen molar-refractivity contribution in [3.05, 3.63) is 91.5 Å². The fourth-order valence-corrected chi connectivity index (χ4v) is 3.77. The van der Waals surface area contributed by atoms with Gasteiger partial charge in [0.2, 0.25) is 5.69 Å². The first-order chi connectivity index (χ1) is 15.8. The molecular weight excluding hydrogens is 427 g/mol. The summed E-state index contributed by atoms with van der Waals surface area (Å²) < 4.78 is 21.6. The highest BCUT2D eigenvalue weighted by molar-refractivity contribution is 5.91. The number of carbonyl (C=O) groups is 1. The van der Waals surface area contributed by atoms with Gasteiger partial charge in [-0.25, -0.2) is 9.18 Å². The minimum absolute atomic E-state index is 0.0533. The molecule has 2 aromatic carbocycles. The van der Waals surface area contributed by atoms with E-state index in [1.807, 2.05) is 25.1 Å². The average molecular weight is 452 g/mol. The van der Waals surface area contributed by atoms with E-state index < -0.39 is 28.7 Å². The lowest BCUT2D eigenvalue weighted by Crippen LogP contribution is -2.46. The molecule has 172 valence electrons. The van der Waals surface area contributed by atoms with Gasteiger partial charge in [-0.3, -0.25) is 14.2 Å². The zero-order chi connectivity index (χ0) is 23.5. The molecule has 0 unspecified atom stereocenters. The van der Waals surface area contributed by atoms with E-state index in [0.717, 1.165) is 33.7 Å². The molecule has 9 heteroatoms. The molecule has 0 aliphatic carbocycles. The topological polar surface area (TPSA) is 95.2 Å². The summed E-state index contributed by atoms with van der Waals surface area (Å²) in [5, 5.41) is 6.70. The predicted molar refractivity (Wildman–Crippen MR) is 120 cm³/mol. The van der Waals surface area contributed by atoms with Gasteiger partial charge in [0.1, 0.15) is 5.82 Å². The first-order valence-electron chi connectivity index (χ1n) is 10.8. The second kappa shape index (κ2) is 9.50. The Morgan fingerprint density at radius 3 is 2.73 bits per heavy atom. The highest BCUT2D eigenvalue weighted by atomic mass is 19.1. The summed E-state index contributed by atoms with van der Waals surface area (Å²) in [6, 6.07) is 11.5. The Morgan fingerprint density at radius 2 is 2.03 bits per heavy atom. The second-order valence-corrected chi connectivity index (χ2v) is 8.20. The van der Waals surface area contributed by atoms with Crippen LogP contribution in [-0.4, -0.2) is 39.5 Å². The van der Waals surface area contributed by atoms with Gasteiger partial charge in [-0.15, -0.1) is 0 Å². The molecule has 1 amide bonds. The number of nitrogens with one attached hydrogen (secondary N) is 1. The van der Waals surface area contributed by atoms with Gasteiger partial charge in [-0.1, -0.05) is 35.9 Å². The van der Waals surface area contributed by atoms with Gasteiger partial charge in [0.15, 0.2) is 0 Å². The third-order valence-corrected chi connectivity index (χ3v) is 5.61. The summed E-state index contributed by atoms with van der Waals surface area (Å²) in [7, 11) is 0. The predicted octanol–water partition coefficient (Wildman–Crippen LogP) is 2.11. The molecule has 0 saturated carbocycles. The van der Waals surface area contributed by atoms with Gasteiger partial charge in [-0.05, 0) is 43.9 Å². The van der Waals surface area contributed by atoms with Crippen LogP contribution in [-0.2, 0) is 11.3 Å². The molecule has 1 aliphatic heterocycles. The maximum Gasteiger partial charge on any atom is 0.352 e. The van der Waals surface area contributed by atoms with Crippen LogP contribution in [0.2, 0.25) is 0 Å². The maximum atomic E-state index is 14.2. The SMILES string of the molecule is Cc1cccc(Cn2c(=O)c(C(=O)NC[C@H]3CCCO3)nn(-c3ccc(C)c(F)c3)c2=O)c1. The highest BCUT2D eigenvalue weighted by Crippen LogP contribution is 2.12. The Bertz CT molecular complexity index is 1310. The van der Waals surface area contributed by atoms with Crippen LogP contribution in [0.1, 0.15) is 40.0 Å². The molecule has 3 aromatic rings. The molecular formula is C24H25FN4O4. The average Bonchev–Trinajstić information content (AvgIpc) is 3.31. The van der Waals surface area contributed by atoms with E-state index in [-0.39, 0.29) is 24.9 Å². The van der Waals surface area contributed by atoms with E-state index >= 15 is 0 Å². The van der Waals surface area contributed by atoms with Crippen molar-refractivity contribution in [1.82, 2.24) is 19.7 Å². The number of nitrogens with zero attached hydrogens (tertiary/aromatic N) is 3. The summed E-state index contributed by atoms with van der Waals surface area (Å²) >= 11 is 0. The first-order valence-corrected chi connectivity index (χ1v) is 10.8. The number of hydrogen-bond acceptors (Lipinski definition) is 5. The van der Waals surface area contributed by atoms with Crippen LogP contribution in [0.5, 0.6) is 0 Å². The smallest absolute Gasteiger partial charge is 0.352 e. The van der Waals surface area contributed by atoms with E-state index in [2.05, 4.69) is 10.4 Å². The molecule has 0 bridgehead atoms. The number of amides is 1. The number of benzene rings is 2. The Kier molecular flexibility index (Phi) is 6.50. The minimum Gasteiger partial charge on any atom is -0.376 e. The molecule has 33 heavy (non-hydrogen) atoms. The number of carbonyl (C=O) groups excluding carboxylic acids is 1. The third kappa shape index (κ3) is 4.93. The van der Waals surface area contributed by atoms with E-state index in [9.17, 15) is 18.8 Å². The van der Waals surface area contributed by atoms with Gasteiger partial charge in [-0.2, -0.15) is 9.78 Å². The molecule has 4 rings (SSSR count). The van der Waals surface area contributed by atoms with Gasteiger partial charge < -0.3 is 10.1 Å². The van der Waals surface area contributed by atoms with E-state index in [0.29, 0.717) is 17.7 Å². The number of aryl methyl sites for hydroxylation is 2. The van der Waals surface area contributed by atoms with Crippen molar-refractivity contribution < 1.29 is 13.9 Å². The van der Waals surface area contributed by atoms with E-state index in [4.69, 9.17) is 4.74 Å². The van der Waals surface area contributed by atoms with Crippen LogP contribution in [0, 0.1) is 19.7 Å². The minimum atomic E-state index is -0.810. The van der Waals surface area contributed by atoms with Crippen LogP contribution >= 0.6 is 0 Å². The van der Waals surface area contributed by atoms with Gasteiger partial charge >= 0.3 is 5.69 Å². The quantitative estimate of drug-likeness (QED) is 0.618. The fourth-order valence-electron chi connectivity index (χ4n) is 3.77. The molecule has 8 nitrogen and oxygen atoms in total. The van der Waals surface area contributed by atoms with Gasteiger partial charge in [0.05, 0.1) is 18.3 Å². The van der Waals surface area contributed by atoms with Crippen molar-refractivity contribution in [2.45, 2.75) is 39.3 Å². The van der Waals surface area contributed by atoms with Crippen LogP contribution in [0.3, 0.4) is 0 Å². The maximum absolute atomic E-state index is 14.2. The van der Waals surface area contributed by atoms with Crippen molar-refractivity contribution in [3.63, 3.8) is 0 Å². The summed E-state index contributed by atoms with van der Waals surface area (Å²) in [6.45, 7) is 4.30. The number of ether oxygens (including phenoxy) is 1. The monoisotopic (exact) mass is 452 g/mol. The molecule has 1 N–H and O–H groups in total. The normalized spacial score (nSPS) is 15.5. The summed E-state index contributed by atoms with van der Waals surface area (Å²) in [5.41, 5.74) is 0.179. The van der Waals surface area contributed by atoms with E-state index in [1.165, 1.54) is 12.1 Å². The first kappa shape index (κ1) is 22.6. The number of aromatic nitrogens is 3. The van der Waals surface area contributed by atoms with Crippen LogP contribution in [0.4, 0.5) is 4.39 Å². The molecule has 1 atom stereocenters. The van der Waals surface area contributed by atoms with Crippen molar-refractivity contribution in [2.75, 3.05) is 13.2 Å². The van der Waals surface area contributed by atoms with Crippen molar-refractivity contribution in [3.8, 4) is 5.69 Å². The largest absolute Gasteiger partial charge is 0.376 e. The fraction of sp³-hybridized carbons (Fsp3) is 0.333. The number of halogens is 1. The van der Waals surface area contributed by atoms with Gasteiger partial charge in [0, 0.05) is 19.2 Å². The van der Waals surface area contributed by atoms with Crippen LogP contribution in [0.25, 0.3) is 5.69 Å². The lowest BCUT2D eigenvalue weighted by molar-refractivity contribution is 0.0849. The molecule has 1 saturated heterocycles. The molecule has 0 radical (unpaired) electrons. The highest BCUT2D eigenvalue weighted by Gasteiger charge is 2.23. The Balaban J connectivity index is 1.79. The molecule has 0 spiro atoms. The molecule has 1 fully saturated rings. The van der Waals surface area contributed by atoms with Crippen molar-refractivity contribution in [2.24, 2.45) is 0 Å². The Morgan fingerprint density at radius 1 is 1.21 bits per heavy atom. The van der Waals surface area contributed by atoms with Crippen molar-refractivity contribution in [1.29, 1.82) is 0 Å². The second-order valence-electron chi connectivity index (χ2n) is 8.20. The van der Waals surface area contributed by atoms with Crippen LogP contribution in [0.15, 0.2) is 52.1 Å². The molecule has 1 aromatic heterocycles. The third-order valence-electron chi connectivity index (χ3n) is 5.61. The van der Waals surface area contributed by atoms with E-state index in [1.54, 1.807) is 13.0 Å². The lowest BCUT2D eigenvalue weighted by Gasteiger charge is -2.14. The Hall–Kier alpha value is -3.59. The number of hydrogen-bond donors (Lipinski definition) is 1. The summed E-state index contributed by atoms with van der Waals surface area (Å²) in [5.74, 6) is -1.24. The van der Waals surface area contributed by atoms with Gasteiger partial charge in [0.25, 0.3) is 11.5 Å².